The number of anilines is 1. The van der Waals surface area contributed by atoms with Crippen LogP contribution in [0.2, 0.25) is 0 Å². The number of methoxy groups -OCH3 is 3. The van der Waals surface area contributed by atoms with Crippen molar-refractivity contribution in [3.63, 3.8) is 0 Å². The standard InChI is InChI=1S/C33H37NO6/c1-32(2,3)26-17-15-24(19-28(26)38-4)30(36)34-27-14-10-13-23(16-18-29(35)39-5)25(27)21-33(34,31(37)40-6)20-22-11-8-7-9-12-22/h7-15,17,19H,16,18,20-21H2,1-6H3. The first-order valence-electron chi connectivity index (χ1n) is 13.4. The Kier molecular flexibility index (Phi) is 8.33. The molecule has 1 aliphatic rings. The highest BCUT2D eigenvalue weighted by atomic mass is 16.5. The molecule has 0 aromatic heterocycles. The van der Waals surface area contributed by atoms with Crippen LogP contribution in [0.3, 0.4) is 0 Å². The monoisotopic (exact) mass is 543 g/mol. The second-order valence-corrected chi connectivity index (χ2v) is 11.2. The van der Waals surface area contributed by atoms with Gasteiger partial charge in [0.25, 0.3) is 5.91 Å². The van der Waals surface area contributed by atoms with Crippen LogP contribution in [-0.2, 0) is 43.7 Å². The Labute approximate surface area is 236 Å². The van der Waals surface area contributed by atoms with E-state index in [9.17, 15) is 14.4 Å². The molecule has 0 bridgehead atoms. The van der Waals surface area contributed by atoms with E-state index in [1.165, 1.54) is 14.2 Å². The smallest absolute Gasteiger partial charge is 0.332 e. The number of ether oxygens (including phenoxy) is 3. The quantitative estimate of drug-likeness (QED) is 0.351. The van der Waals surface area contributed by atoms with Crippen LogP contribution >= 0.6 is 0 Å². The summed E-state index contributed by atoms with van der Waals surface area (Å²) in [6.07, 6.45) is 1.13. The fourth-order valence-electron chi connectivity index (χ4n) is 5.59. The van der Waals surface area contributed by atoms with Gasteiger partial charge in [0.05, 0.1) is 21.3 Å². The van der Waals surface area contributed by atoms with E-state index >= 15 is 0 Å². The molecule has 0 saturated carbocycles. The predicted molar refractivity (Wildman–Crippen MR) is 154 cm³/mol. The third-order valence-corrected chi connectivity index (χ3v) is 7.58. The summed E-state index contributed by atoms with van der Waals surface area (Å²) in [6, 6.07) is 20.7. The van der Waals surface area contributed by atoms with Gasteiger partial charge < -0.3 is 14.2 Å². The van der Waals surface area contributed by atoms with Gasteiger partial charge in [-0.1, -0.05) is 69.3 Å². The van der Waals surface area contributed by atoms with Crippen LogP contribution in [0, 0.1) is 0 Å². The van der Waals surface area contributed by atoms with Gasteiger partial charge in [-0.25, -0.2) is 4.79 Å². The molecule has 7 heteroatoms. The minimum Gasteiger partial charge on any atom is -0.496 e. The van der Waals surface area contributed by atoms with Gasteiger partial charge in [0.1, 0.15) is 5.75 Å². The van der Waals surface area contributed by atoms with Crippen molar-refractivity contribution in [3.8, 4) is 5.75 Å². The lowest BCUT2D eigenvalue weighted by Crippen LogP contribution is -2.58. The number of esters is 2. The number of carbonyl (C=O) groups is 3. The first kappa shape index (κ1) is 28.9. The molecule has 1 atom stereocenters. The van der Waals surface area contributed by atoms with Gasteiger partial charge in [-0.3, -0.25) is 14.5 Å². The molecule has 1 unspecified atom stereocenters. The number of fused-ring (bicyclic) bond motifs is 1. The molecule has 0 aliphatic carbocycles. The van der Waals surface area contributed by atoms with E-state index < -0.39 is 11.5 Å². The van der Waals surface area contributed by atoms with Crippen molar-refractivity contribution in [2.75, 3.05) is 26.2 Å². The number of amides is 1. The van der Waals surface area contributed by atoms with Gasteiger partial charge in [-0.15, -0.1) is 0 Å². The number of nitrogens with zero attached hydrogens (tertiary/aromatic N) is 1. The highest BCUT2D eigenvalue weighted by Gasteiger charge is 2.54. The van der Waals surface area contributed by atoms with Crippen molar-refractivity contribution < 1.29 is 28.6 Å². The van der Waals surface area contributed by atoms with Crippen LogP contribution in [-0.4, -0.2) is 44.7 Å². The maximum absolute atomic E-state index is 14.5. The molecule has 0 saturated heterocycles. The fourth-order valence-corrected chi connectivity index (χ4v) is 5.59. The SMILES string of the molecule is COC(=O)CCc1cccc2c1CC(Cc1ccccc1)(C(=O)OC)N2C(=O)c1ccc(C(C)(C)C)c(OC)c1. The lowest BCUT2D eigenvalue weighted by atomic mass is 9.84. The molecule has 4 rings (SSSR count). The molecule has 0 fully saturated rings. The minimum atomic E-state index is -1.33. The Morgan fingerprint density at radius 1 is 0.900 bits per heavy atom. The minimum absolute atomic E-state index is 0.190. The Morgan fingerprint density at radius 3 is 2.25 bits per heavy atom. The van der Waals surface area contributed by atoms with Gasteiger partial charge in [0.2, 0.25) is 0 Å². The van der Waals surface area contributed by atoms with Gasteiger partial charge in [-0.05, 0) is 52.3 Å². The number of benzene rings is 3. The molecule has 0 radical (unpaired) electrons. The fraction of sp³-hybridized carbons (Fsp3) is 0.364. The normalized spacial score (nSPS) is 16.3. The van der Waals surface area contributed by atoms with Gasteiger partial charge >= 0.3 is 11.9 Å². The summed E-state index contributed by atoms with van der Waals surface area (Å²) in [4.78, 5) is 41.8. The maximum atomic E-state index is 14.5. The van der Waals surface area contributed by atoms with Crippen LogP contribution in [0.15, 0.2) is 66.7 Å². The molecule has 210 valence electrons. The van der Waals surface area contributed by atoms with Crippen LogP contribution in [0.1, 0.15) is 59.8 Å². The second-order valence-electron chi connectivity index (χ2n) is 11.2. The third-order valence-electron chi connectivity index (χ3n) is 7.58. The van der Waals surface area contributed by atoms with Crippen molar-refractivity contribution in [1.29, 1.82) is 0 Å². The Balaban J connectivity index is 1.89. The van der Waals surface area contributed by atoms with Crippen LogP contribution < -0.4 is 9.64 Å². The summed E-state index contributed by atoms with van der Waals surface area (Å²) in [7, 11) is 4.30. The van der Waals surface area contributed by atoms with E-state index in [1.54, 1.807) is 24.1 Å². The molecular weight excluding hydrogens is 506 g/mol. The number of hydrogen-bond acceptors (Lipinski definition) is 6. The Bertz CT molecular complexity index is 1410. The lowest BCUT2D eigenvalue weighted by molar-refractivity contribution is -0.146. The van der Waals surface area contributed by atoms with Crippen molar-refractivity contribution in [2.24, 2.45) is 0 Å². The van der Waals surface area contributed by atoms with E-state index in [0.29, 0.717) is 23.4 Å². The molecule has 3 aromatic rings. The lowest BCUT2D eigenvalue weighted by Gasteiger charge is -2.36. The van der Waals surface area contributed by atoms with Crippen LogP contribution in [0.4, 0.5) is 5.69 Å². The molecule has 1 heterocycles. The summed E-state index contributed by atoms with van der Waals surface area (Å²) < 4.78 is 15.9. The first-order valence-corrected chi connectivity index (χ1v) is 13.4. The molecule has 40 heavy (non-hydrogen) atoms. The summed E-state index contributed by atoms with van der Waals surface area (Å²) in [5, 5.41) is 0. The number of carbonyl (C=O) groups excluding carboxylic acids is 3. The van der Waals surface area contributed by atoms with Crippen molar-refractivity contribution in [2.45, 2.75) is 57.4 Å². The zero-order valence-corrected chi connectivity index (χ0v) is 24.1. The molecule has 1 amide bonds. The van der Waals surface area contributed by atoms with Crippen molar-refractivity contribution >= 4 is 23.5 Å². The summed E-state index contributed by atoms with van der Waals surface area (Å²) in [5.41, 5.74) is 3.13. The number of hydrogen-bond donors (Lipinski definition) is 0. The predicted octanol–water partition coefficient (Wildman–Crippen LogP) is 5.46. The van der Waals surface area contributed by atoms with Gasteiger partial charge in [-0.2, -0.15) is 0 Å². The van der Waals surface area contributed by atoms with Crippen LogP contribution in [0.5, 0.6) is 5.75 Å². The average molecular weight is 544 g/mol. The average Bonchev–Trinajstić information content (AvgIpc) is 3.29. The molecular formula is C33H37NO6. The third kappa shape index (κ3) is 5.46. The molecule has 7 nitrogen and oxygen atoms in total. The number of rotatable bonds is 8. The second kappa shape index (κ2) is 11.5. The van der Waals surface area contributed by atoms with E-state index in [-0.39, 0.29) is 36.6 Å². The van der Waals surface area contributed by atoms with Gasteiger partial charge in [0.15, 0.2) is 5.54 Å². The van der Waals surface area contributed by atoms with Crippen molar-refractivity contribution in [1.82, 2.24) is 0 Å². The van der Waals surface area contributed by atoms with E-state index in [4.69, 9.17) is 14.2 Å². The maximum Gasteiger partial charge on any atom is 0.332 e. The molecule has 3 aromatic carbocycles. The summed E-state index contributed by atoms with van der Waals surface area (Å²) in [6.45, 7) is 6.25. The van der Waals surface area contributed by atoms with Crippen LogP contribution in [0.25, 0.3) is 0 Å². The van der Waals surface area contributed by atoms with E-state index in [2.05, 4.69) is 20.8 Å². The molecule has 1 aliphatic heterocycles. The van der Waals surface area contributed by atoms with Gasteiger partial charge in [0, 0.05) is 30.5 Å². The van der Waals surface area contributed by atoms with E-state index in [0.717, 1.165) is 22.3 Å². The molecule has 0 spiro atoms. The zero-order valence-electron chi connectivity index (χ0n) is 24.1. The first-order chi connectivity index (χ1) is 19.1. The summed E-state index contributed by atoms with van der Waals surface area (Å²) >= 11 is 0. The Morgan fingerprint density at radius 2 is 1.62 bits per heavy atom. The summed E-state index contributed by atoms with van der Waals surface area (Å²) in [5.74, 6) is -0.545. The van der Waals surface area contributed by atoms with Crippen molar-refractivity contribution in [3.05, 3.63) is 94.5 Å². The Hall–Kier alpha value is -4.13. The number of aryl methyl sites for hydroxylation is 1. The zero-order chi connectivity index (χ0) is 29.1. The topological polar surface area (TPSA) is 82.1 Å². The highest BCUT2D eigenvalue weighted by molar-refractivity contribution is 6.13. The largest absolute Gasteiger partial charge is 0.496 e. The molecule has 0 N–H and O–H groups in total. The van der Waals surface area contributed by atoms with E-state index in [1.807, 2.05) is 54.6 Å². The highest BCUT2D eigenvalue weighted by Crippen LogP contribution is 2.45.